The van der Waals surface area contributed by atoms with Crippen molar-refractivity contribution < 1.29 is 9.90 Å². The summed E-state index contributed by atoms with van der Waals surface area (Å²) >= 11 is 0. The molecule has 2 N–H and O–H groups in total. The minimum atomic E-state index is -0.308. The average molecular weight is 304 g/mol. The highest BCUT2D eigenvalue weighted by molar-refractivity contribution is 5.95. The molecule has 0 bridgehead atoms. The summed E-state index contributed by atoms with van der Waals surface area (Å²) in [6.45, 7) is 9.53. The van der Waals surface area contributed by atoms with Gasteiger partial charge in [-0.3, -0.25) is 9.69 Å². The van der Waals surface area contributed by atoms with Gasteiger partial charge in [0.05, 0.1) is 12.1 Å². The topological polar surface area (TPSA) is 52.6 Å². The first kappa shape index (κ1) is 17.0. The van der Waals surface area contributed by atoms with Crippen LogP contribution in [0.4, 0.5) is 5.69 Å². The quantitative estimate of drug-likeness (QED) is 0.899. The Kier molecular flexibility index (Phi) is 5.59. The van der Waals surface area contributed by atoms with Gasteiger partial charge in [-0.15, -0.1) is 0 Å². The van der Waals surface area contributed by atoms with E-state index in [1.807, 2.05) is 45.9 Å². The van der Waals surface area contributed by atoms with Crippen molar-refractivity contribution in [2.45, 2.75) is 52.7 Å². The Morgan fingerprint density at radius 1 is 1.36 bits per heavy atom. The Morgan fingerprint density at radius 2 is 2.09 bits per heavy atom. The van der Waals surface area contributed by atoms with Crippen LogP contribution in [0.25, 0.3) is 0 Å². The van der Waals surface area contributed by atoms with Crippen LogP contribution in [0.15, 0.2) is 18.2 Å². The van der Waals surface area contributed by atoms with Crippen molar-refractivity contribution in [1.82, 2.24) is 4.90 Å². The normalized spacial score (nSPS) is 22.1. The van der Waals surface area contributed by atoms with Crippen LogP contribution in [0.3, 0.4) is 0 Å². The molecule has 4 nitrogen and oxygen atoms in total. The Balaban J connectivity index is 2.01. The number of rotatable bonds is 4. The van der Waals surface area contributed by atoms with E-state index in [2.05, 4.69) is 10.2 Å². The molecule has 3 unspecified atom stereocenters. The molecule has 0 saturated carbocycles. The van der Waals surface area contributed by atoms with Gasteiger partial charge in [-0.25, -0.2) is 0 Å². The molecule has 1 amide bonds. The summed E-state index contributed by atoms with van der Waals surface area (Å²) < 4.78 is 0. The predicted molar refractivity (Wildman–Crippen MR) is 90.0 cm³/mol. The molecular weight excluding hydrogens is 276 g/mol. The van der Waals surface area contributed by atoms with Gasteiger partial charge in [0, 0.05) is 12.2 Å². The van der Waals surface area contributed by atoms with Crippen LogP contribution < -0.4 is 5.32 Å². The number of piperidine rings is 1. The van der Waals surface area contributed by atoms with E-state index in [9.17, 15) is 9.90 Å². The lowest BCUT2D eigenvalue weighted by atomic mass is 9.92. The average Bonchev–Trinajstić information content (AvgIpc) is 2.50. The molecule has 0 radical (unpaired) electrons. The van der Waals surface area contributed by atoms with Crippen LogP contribution in [0.1, 0.15) is 37.8 Å². The molecule has 1 heterocycles. The maximum atomic E-state index is 12.5. The minimum Gasteiger partial charge on any atom is -0.393 e. The zero-order chi connectivity index (χ0) is 16.3. The van der Waals surface area contributed by atoms with Crippen LogP contribution in [-0.4, -0.2) is 41.1 Å². The van der Waals surface area contributed by atoms with Crippen molar-refractivity contribution in [3.05, 3.63) is 29.3 Å². The van der Waals surface area contributed by atoms with Crippen LogP contribution in [0.5, 0.6) is 0 Å². The molecule has 0 aromatic heterocycles. The standard InChI is InChI=1S/C18H28N2O2/c1-12-7-8-13(2)17(10-12)19-18(22)14(3)20-9-5-6-16(11-20)15(4)21/h7-8,10,14-16,21H,5-6,9,11H2,1-4H3,(H,19,22). The zero-order valence-corrected chi connectivity index (χ0v) is 14.1. The van der Waals surface area contributed by atoms with Gasteiger partial charge in [-0.1, -0.05) is 12.1 Å². The number of hydrogen-bond acceptors (Lipinski definition) is 3. The Hall–Kier alpha value is -1.39. The number of carbonyl (C=O) groups is 1. The third kappa shape index (κ3) is 4.08. The summed E-state index contributed by atoms with van der Waals surface area (Å²) in [5, 5.41) is 12.8. The van der Waals surface area contributed by atoms with Crippen molar-refractivity contribution >= 4 is 11.6 Å². The van der Waals surface area contributed by atoms with Crippen LogP contribution in [-0.2, 0) is 4.79 Å². The lowest BCUT2D eigenvalue weighted by molar-refractivity contribution is -0.121. The van der Waals surface area contributed by atoms with Gasteiger partial charge in [0.1, 0.15) is 0 Å². The smallest absolute Gasteiger partial charge is 0.241 e. The number of nitrogens with one attached hydrogen (secondary N) is 1. The molecule has 22 heavy (non-hydrogen) atoms. The van der Waals surface area contributed by atoms with Gasteiger partial charge in [-0.05, 0) is 70.2 Å². The summed E-state index contributed by atoms with van der Waals surface area (Å²) in [5.74, 6) is 0.296. The number of nitrogens with zero attached hydrogens (tertiary/aromatic N) is 1. The van der Waals surface area contributed by atoms with Crippen molar-refractivity contribution in [3.8, 4) is 0 Å². The predicted octanol–water partition coefficient (Wildman–Crippen LogP) is 2.72. The second-order valence-corrected chi connectivity index (χ2v) is 6.62. The van der Waals surface area contributed by atoms with E-state index >= 15 is 0 Å². The summed E-state index contributed by atoms with van der Waals surface area (Å²) in [7, 11) is 0. The minimum absolute atomic E-state index is 0.0277. The van der Waals surface area contributed by atoms with Gasteiger partial charge in [-0.2, -0.15) is 0 Å². The number of amides is 1. The Bertz CT molecular complexity index is 528. The van der Waals surface area contributed by atoms with Crippen molar-refractivity contribution in [3.63, 3.8) is 0 Å². The van der Waals surface area contributed by atoms with E-state index in [1.165, 1.54) is 0 Å². The van der Waals surface area contributed by atoms with E-state index in [0.29, 0.717) is 0 Å². The molecule has 122 valence electrons. The summed E-state index contributed by atoms with van der Waals surface area (Å²) in [6, 6.07) is 5.91. The van der Waals surface area contributed by atoms with Crippen LogP contribution in [0, 0.1) is 19.8 Å². The molecule has 0 aliphatic carbocycles. The molecule has 0 spiro atoms. The van der Waals surface area contributed by atoms with Crippen molar-refractivity contribution in [2.24, 2.45) is 5.92 Å². The Labute approximate surface area is 133 Å². The lowest BCUT2D eigenvalue weighted by Gasteiger charge is -2.37. The number of carbonyl (C=O) groups excluding carboxylic acids is 1. The summed E-state index contributed by atoms with van der Waals surface area (Å²) in [4.78, 5) is 14.7. The number of benzene rings is 1. The number of anilines is 1. The number of likely N-dealkylation sites (tertiary alicyclic amines) is 1. The molecule has 1 aromatic rings. The van der Waals surface area contributed by atoms with E-state index in [1.54, 1.807) is 0 Å². The van der Waals surface area contributed by atoms with Gasteiger partial charge in [0.2, 0.25) is 5.91 Å². The molecule has 4 heteroatoms. The van der Waals surface area contributed by atoms with Crippen molar-refractivity contribution in [2.75, 3.05) is 18.4 Å². The van der Waals surface area contributed by atoms with Crippen LogP contribution in [0.2, 0.25) is 0 Å². The molecule has 1 fully saturated rings. The lowest BCUT2D eigenvalue weighted by Crippen LogP contribution is -2.48. The molecule has 1 aliphatic rings. The third-order valence-corrected chi connectivity index (χ3v) is 4.75. The van der Waals surface area contributed by atoms with Gasteiger partial charge >= 0.3 is 0 Å². The third-order valence-electron chi connectivity index (χ3n) is 4.75. The molecule has 1 saturated heterocycles. The SMILES string of the molecule is Cc1ccc(C)c(NC(=O)C(C)N2CCCC(C(C)O)C2)c1. The second kappa shape index (κ2) is 7.25. The van der Waals surface area contributed by atoms with E-state index < -0.39 is 0 Å². The summed E-state index contributed by atoms with van der Waals surface area (Å²) in [6.07, 6.45) is 1.77. The largest absolute Gasteiger partial charge is 0.393 e. The Morgan fingerprint density at radius 3 is 2.77 bits per heavy atom. The van der Waals surface area contributed by atoms with Gasteiger partial charge in [0.15, 0.2) is 0 Å². The second-order valence-electron chi connectivity index (χ2n) is 6.62. The van der Waals surface area contributed by atoms with E-state index in [0.717, 1.165) is 42.7 Å². The first-order valence-electron chi connectivity index (χ1n) is 8.18. The maximum absolute atomic E-state index is 12.5. The highest BCUT2D eigenvalue weighted by Gasteiger charge is 2.29. The first-order chi connectivity index (χ1) is 10.4. The molecule has 1 aromatic carbocycles. The highest BCUT2D eigenvalue weighted by atomic mass is 16.3. The highest BCUT2D eigenvalue weighted by Crippen LogP contribution is 2.22. The van der Waals surface area contributed by atoms with E-state index in [-0.39, 0.29) is 24.0 Å². The molecular formula is C18H28N2O2. The molecule has 3 atom stereocenters. The number of aliphatic hydroxyl groups excluding tert-OH is 1. The number of aryl methyl sites for hydroxylation is 2. The van der Waals surface area contributed by atoms with Gasteiger partial charge in [0.25, 0.3) is 0 Å². The maximum Gasteiger partial charge on any atom is 0.241 e. The fourth-order valence-corrected chi connectivity index (χ4v) is 3.06. The van der Waals surface area contributed by atoms with E-state index in [4.69, 9.17) is 0 Å². The van der Waals surface area contributed by atoms with Crippen molar-refractivity contribution in [1.29, 1.82) is 0 Å². The number of hydrogen-bond donors (Lipinski definition) is 2. The monoisotopic (exact) mass is 304 g/mol. The fourth-order valence-electron chi connectivity index (χ4n) is 3.06. The molecule has 1 aliphatic heterocycles. The number of aliphatic hydroxyl groups is 1. The van der Waals surface area contributed by atoms with Gasteiger partial charge < -0.3 is 10.4 Å². The first-order valence-corrected chi connectivity index (χ1v) is 8.18. The van der Waals surface area contributed by atoms with Crippen LogP contribution >= 0.6 is 0 Å². The fraction of sp³-hybridized carbons (Fsp3) is 0.611. The summed E-state index contributed by atoms with van der Waals surface area (Å²) in [5.41, 5.74) is 3.10. The zero-order valence-electron chi connectivity index (χ0n) is 14.1. The molecule has 2 rings (SSSR count).